The van der Waals surface area contributed by atoms with Crippen LogP contribution < -0.4 is 5.32 Å². The lowest BCUT2D eigenvalue weighted by molar-refractivity contribution is 0.169. The van der Waals surface area contributed by atoms with E-state index < -0.39 is 6.10 Å². The number of rotatable bonds is 4. The molecular weight excluding hydrogens is 224 g/mol. The Morgan fingerprint density at radius 2 is 2.11 bits per heavy atom. The topological polar surface area (TPSA) is 56.0 Å². The van der Waals surface area contributed by atoms with Crippen LogP contribution in [-0.4, -0.2) is 17.7 Å². The molecular formula is C15H20N2O. The number of nitrogens with zero attached hydrogens (tertiary/aromatic N) is 1. The molecule has 1 fully saturated rings. The first kappa shape index (κ1) is 13.1. The van der Waals surface area contributed by atoms with Gasteiger partial charge in [-0.3, -0.25) is 0 Å². The second-order valence-electron chi connectivity index (χ2n) is 5.27. The summed E-state index contributed by atoms with van der Waals surface area (Å²) < 4.78 is 0. The van der Waals surface area contributed by atoms with E-state index in [1.54, 1.807) is 12.1 Å². The van der Waals surface area contributed by atoms with E-state index >= 15 is 0 Å². The van der Waals surface area contributed by atoms with E-state index in [0.29, 0.717) is 18.2 Å². The van der Waals surface area contributed by atoms with E-state index in [4.69, 9.17) is 5.26 Å². The lowest BCUT2D eigenvalue weighted by Gasteiger charge is -2.16. The van der Waals surface area contributed by atoms with Gasteiger partial charge in [-0.05, 0) is 42.9 Å². The minimum Gasteiger partial charge on any atom is -0.387 e. The van der Waals surface area contributed by atoms with Crippen LogP contribution in [0.5, 0.6) is 0 Å². The van der Waals surface area contributed by atoms with Gasteiger partial charge in [0, 0.05) is 12.6 Å². The maximum atomic E-state index is 10.1. The molecule has 0 saturated heterocycles. The maximum absolute atomic E-state index is 10.1. The van der Waals surface area contributed by atoms with Gasteiger partial charge in [0.25, 0.3) is 0 Å². The fourth-order valence-electron chi connectivity index (χ4n) is 2.57. The zero-order chi connectivity index (χ0) is 13.0. The van der Waals surface area contributed by atoms with Crippen LogP contribution in [0.4, 0.5) is 0 Å². The lowest BCUT2D eigenvalue weighted by atomic mass is 10.1. The number of aliphatic hydroxyl groups excluding tert-OH is 1. The molecule has 1 aliphatic carbocycles. The second-order valence-corrected chi connectivity index (χ2v) is 5.27. The maximum Gasteiger partial charge on any atom is 0.0991 e. The van der Waals surface area contributed by atoms with Crippen LogP contribution in [0.15, 0.2) is 24.3 Å². The zero-order valence-electron chi connectivity index (χ0n) is 10.8. The van der Waals surface area contributed by atoms with Crippen molar-refractivity contribution >= 4 is 0 Å². The fourth-order valence-corrected chi connectivity index (χ4v) is 2.57. The van der Waals surface area contributed by atoms with E-state index in [2.05, 4.69) is 18.3 Å². The molecule has 0 heterocycles. The summed E-state index contributed by atoms with van der Waals surface area (Å²) in [5.74, 6) is 0.801. The molecule has 3 nitrogen and oxygen atoms in total. The molecule has 96 valence electrons. The van der Waals surface area contributed by atoms with E-state index in [1.165, 1.54) is 19.3 Å². The Bertz CT molecular complexity index is 421. The second kappa shape index (κ2) is 5.99. The molecule has 3 unspecified atom stereocenters. The van der Waals surface area contributed by atoms with Gasteiger partial charge in [-0.25, -0.2) is 0 Å². The van der Waals surface area contributed by atoms with E-state index in [0.717, 1.165) is 11.5 Å². The molecule has 0 spiro atoms. The largest absolute Gasteiger partial charge is 0.387 e. The Morgan fingerprint density at radius 3 is 2.67 bits per heavy atom. The van der Waals surface area contributed by atoms with Crippen LogP contribution in [0.3, 0.4) is 0 Å². The molecule has 3 heteroatoms. The Kier molecular flexibility index (Phi) is 4.35. The van der Waals surface area contributed by atoms with Crippen LogP contribution in [0.2, 0.25) is 0 Å². The van der Waals surface area contributed by atoms with E-state index in [-0.39, 0.29) is 0 Å². The SMILES string of the molecule is CC1CCC(NCC(O)c2ccc(C#N)cc2)C1. The number of hydrogen-bond donors (Lipinski definition) is 2. The normalized spacial score (nSPS) is 24.7. The average Bonchev–Trinajstić information content (AvgIpc) is 2.82. The highest BCUT2D eigenvalue weighted by Crippen LogP contribution is 2.25. The molecule has 2 rings (SSSR count). The van der Waals surface area contributed by atoms with Gasteiger partial charge in [0.15, 0.2) is 0 Å². The lowest BCUT2D eigenvalue weighted by Crippen LogP contribution is -2.30. The summed E-state index contributed by atoms with van der Waals surface area (Å²) in [6, 6.07) is 9.76. The molecule has 1 aliphatic rings. The first-order chi connectivity index (χ1) is 8.69. The zero-order valence-corrected chi connectivity index (χ0v) is 10.8. The van der Waals surface area contributed by atoms with Crippen molar-refractivity contribution in [3.05, 3.63) is 35.4 Å². The molecule has 2 N–H and O–H groups in total. The summed E-state index contributed by atoms with van der Waals surface area (Å²) >= 11 is 0. The fraction of sp³-hybridized carbons (Fsp3) is 0.533. The number of benzene rings is 1. The molecule has 0 aromatic heterocycles. The summed E-state index contributed by atoms with van der Waals surface area (Å²) in [6.45, 7) is 2.86. The number of nitriles is 1. The van der Waals surface area contributed by atoms with Gasteiger partial charge in [-0.1, -0.05) is 19.1 Å². The van der Waals surface area contributed by atoms with E-state index in [9.17, 15) is 5.11 Å². The Labute approximate surface area is 108 Å². The van der Waals surface area contributed by atoms with Gasteiger partial charge < -0.3 is 10.4 Å². The summed E-state index contributed by atoms with van der Waals surface area (Å²) in [7, 11) is 0. The highest BCUT2D eigenvalue weighted by molar-refractivity contribution is 5.32. The monoisotopic (exact) mass is 244 g/mol. The number of nitrogens with one attached hydrogen (secondary N) is 1. The molecule has 0 aliphatic heterocycles. The van der Waals surface area contributed by atoms with Crippen LogP contribution in [0.25, 0.3) is 0 Å². The van der Waals surface area contributed by atoms with Crippen molar-refractivity contribution in [3.8, 4) is 6.07 Å². The number of aliphatic hydroxyl groups is 1. The van der Waals surface area contributed by atoms with Crippen molar-refractivity contribution in [2.75, 3.05) is 6.54 Å². The first-order valence-electron chi connectivity index (χ1n) is 6.60. The predicted octanol–water partition coefficient (Wildman–Crippen LogP) is 2.37. The van der Waals surface area contributed by atoms with Gasteiger partial charge in [0.2, 0.25) is 0 Å². The highest BCUT2D eigenvalue weighted by Gasteiger charge is 2.21. The molecule has 3 atom stereocenters. The molecule has 1 saturated carbocycles. The van der Waals surface area contributed by atoms with E-state index in [1.807, 2.05) is 12.1 Å². The predicted molar refractivity (Wildman–Crippen MR) is 70.9 cm³/mol. The van der Waals surface area contributed by atoms with Gasteiger partial charge in [0.1, 0.15) is 0 Å². The van der Waals surface area contributed by atoms with Crippen LogP contribution in [0, 0.1) is 17.2 Å². The Morgan fingerprint density at radius 1 is 1.39 bits per heavy atom. The highest BCUT2D eigenvalue weighted by atomic mass is 16.3. The third-order valence-electron chi connectivity index (χ3n) is 3.72. The number of hydrogen-bond acceptors (Lipinski definition) is 3. The molecule has 0 radical (unpaired) electrons. The standard InChI is InChI=1S/C15H20N2O/c1-11-2-7-14(8-11)17-10-15(18)13-5-3-12(9-16)4-6-13/h3-6,11,14-15,17-18H,2,7-8,10H2,1H3. The van der Waals surface area contributed by atoms with Crippen LogP contribution >= 0.6 is 0 Å². The average molecular weight is 244 g/mol. The minimum atomic E-state index is -0.492. The quantitative estimate of drug-likeness (QED) is 0.855. The van der Waals surface area contributed by atoms with Crippen molar-refractivity contribution in [3.63, 3.8) is 0 Å². The van der Waals surface area contributed by atoms with Crippen molar-refractivity contribution in [2.45, 2.75) is 38.3 Å². The van der Waals surface area contributed by atoms with Crippen molar-refractivity contribution < 1.29 is 5.11 Å². The Balaban J connectivity index is 1.83. The van der Waals surface area contributed by atoms with Gasteiger partial charge in [0.05, 0.1) is 17.7 Å². The first-order valence-corrected chi connectivity index (χ1v) is 6.60. The Hall–Kier alpha value is -1.37. The third-order valence-corrected chi connectivity index (χ3v) is 3.72. The molecule has 1 aromatic carbocycles. The smallest absolute Gasteiger partial charge is 0.0991 e. The summed E-state index contributed by atoms with van der Waals surface area (Å²) in [5.41, 5.74) is 1.50. The molecule has 18 heavy (non-hydrogen) atoms. The summed E-state index contributed by atoms with van der Waals surface area (Å²) in [6.07, 6.45) is 3.21. The third kappa shape index (κ3) is 3.32. The van der Waals surface area contributed by atoms with Crippen molar-refractivity contribution in [1.29, 1.82) is 5.26 Å². The minimum absolute atomic E-state index is 0.492. The van der Waals surface area contributed by atoms with Crippen LogP contribution in [-0.2, 0) is 0 Å². The summed E-state index contributed by atoms with van der Waals surface area (Å²) in [4.78, 5) is 0. The van der Waals surface area contributed by atoms with Gasteiger partial charge >= 0.3 is 0 Å². The van der Waals surface area contributed by atoms with Crippen LogP contribution in [0.1, 0.15) is 43.4 Å². The van der Waals surface area contributed by atoms with Gasteiger partial charge in [-0.15, -0.1) is 0 Å². The van der Waals surface area contributed by atoms with Crippen molar-refractivity contribution in [2.24, 2.45) is 5.92 Å². The summed E-state index contributed by atoms with van der Waals surface area (Å²) in [5, 5.41) is 22.2. The molecule has 0 bridgehead atoms. The molecule has 1 aromatic rings. The molecule has 0 amide bonds. The van der Waals surface area contributed by atoms with Gasteiger partial charge in [-0.2, -0.15) is 5.26 Å². The van der Waals surface area contributed by atoms with Crippen molar-refractivity contribution in [1.82, 2.24) is 5.32 Å².